The first kappa shape index (κ1) is 20.5. The minimum absolute atomic E-state index is 0.124. The third-order valence-corrected chi connectivity index (χ3v) is 5.00. The highest BCUT2D eigenvalue weighted by molar-refractivity contribution is 6.44. The SMILES string of the molecule is Cc1cccc(-c2nc(C(C)C)no2)c1NC(=O)C1=NN(c2ccccc2)C(=O)CC1. The van der Waals surface area contributed by atoms with Crippen molar-refractivity contribution in [3.63, 3.8) is 0 Å². The lowest BCUT2D eigenvalue weighted by Gasteiger charge is -2.23. The molecular weight excluding hydrogens is 394 g/mol. The number of benzene rings is 2. The van der Waals surface area contributed by atoms with Crippen LogP contribution in [0.5, 0.6) is 0 Å². The average molecular weight is 417 g/mol. The molecule has 1 aliphatic heterocycles. The van der Waals surface area contributed by atoms with Crippen LogP contribution in [0, 0.1) is 6.92 Å². The number of nitrogens with zero attached hydrogens (tertiary/aromatic N) is 4. The molecule has 2 amide bonds. The monoisotopic (exact) mass is 417 g/mol. The molecule has 2 heterocycles. The number of aryl methyl sites for hydroxylation is 1. The molecule has 0 aliphatic carbocycles. The van der Waals surface area contributed by atoms with E-state index in [1.807, 2.05) is 57.2 Å². The molecule has 31 heavy (non-hydrogen) atoms. The minimum Gasteiger partial charge on any atom is -0.334 e. The Hall–Kier alpha value is -3.81. The number of carbonyl (C=O) groups excluding carboxylic acids is 2. The van der Waals surface area contributed by atoms with E-state index in [4.69, 9.17) is 4.52 Å². The molecule has 1 aliphatic rings. The maximum atomic E-state index is 13.1. The van der Waals surface area contributed by atoms with Gasteiger partial charge >= 0.3 is 0 Å². The molecule has 158 valence electrons. The molecule has 1 N–H and O–H groups in total. The number of amides is 2. The van der Waals surface area contributed by atoms with Gasteiger partial charge in [-0.15, -0.1) is 0 Å². The third-order valence-electron chi connectivity index (χ3n) is 5.00. The highest BCUT2D eigenvalue weighted by Gasteiger charge is 2.27. The van der Waals surface area contributed by atoms with Crippen molar-refractivity contribution >= 4 is 28.9 Å². The van der Waals surface area contributed by atoms with Crippen molar-refractivity contribution in [1.82, 2.24) is 10.1 Å². The van der Waals surface area contributed by atoms with Crippen molar-refractivity contribution in [2.75, 3.05) is 10.3 Å². The van der Waals surface area contributed by atoms with E-state index in [0.717, 1.165) is 5.56 Å². The predicted molar refractivity (Wildman–Crippen MR) is 118 cm³/mol. The van der Waals surface area contributed by atoms with Crippen LogP contribution in [0.4, 0.5) is 11.4 Å². The van der Waals surface area contributed by atoms with E-state index >= 15 is 0 Å². The molecule has 8 nitrogen and oxygen atoms in total. The summed E-state index contributed by atoms with van der Waals surface area (Å²) < 4.78 is 5.43. The third kappa shape index (κ3) is 4.23. The van der Waals surface area contributed by atoms with Crippen LogP contribution in [0.1, 0.15) is 44.0 Å². The molecule has 0 spiro atoms. The fraction of sp³-hybridized carbons (Fsp3) is 0.261. The first-order valence-corrected chi connectivity index (χ1v) is 10.1. The van der Waals surface area contributed by atoms with Crippen LogP contribution in [0.25, 0.3) is 11.5 Å². The maximum Gasteiger partial charge on any atom is 0.271 e. The van der Waals surface area contributed by atoms with Gasteiger partial charge in [0.25, 0.3) is 11.8 Å². The van der Waals surface area contributed by atoms with Gasteiger partial charge in [0.1, 0.15) is 5.71 Å². The van der Waals surface area contributed by atoms with Gasteiger partial charge in [-0.2, -0.15) is 10.1 Å². The molecule has 8 heteroatoms. The molecule has 0 bridgehead atoms. The Morgan fingerprint density at radius 3 is 2.58 bits per heavy atom. The molecule has 0 unspecified atom stereocenters. The molecule has 3 aromatic rings. The van der Waals surface area contributed by atoms with Gasteiger partial charge in [0, 0.05) is 18.8 Å². The second-order valence-electron chi connectivity index (χ2n) is 7.65. The first-order chi connectivity index (χ1) is 14.9. The van der Waals surface area contributed by atoms with Crippen molar-refractivity contribution in [2.45, 2.75) is 39.5 Å². The lowest BCUT2D eigenvalue weighted by molar-refractivity contribution is -0.118. The number of carbonyl (C=O) groups is 2. The Balaban J connectivity index is 1.63. The number of nitrogens with one attached hydrogen (secondary N) is 1. The molecule has 1 aromatic heterocycles. The Morgan fingerprint density at radius 2 is 1.87 bits per heavy atom. The normalized spacial score (nSPS) is 14.0. The van der Waals surface area contributed by atoms with Gasteiger partial charge in [-0.1, -0.05) is 49.3 Å². The smallest absolute Gasteiger partial charge is 0.271 e. The number of anilines is 2. The summed E-state index contributed by atoms with van der Waals surface area (Å²) in [7, 11) is 0. The van der Waals surface area contributed by atoms with Crippen LogP contribution in [0.3, 0.4) is 0 Å². The molecular formula is C23H23N5O3. The predicted octanol–water partition coefficient (Wildman–Crippen LogP) is 4.29. The summed E-state index contributed by atoms with van der Waals surface area (Å²) in [5.41, 5.74) is 2.98. The molecule has 0 saturated carbocycles. The number of para-hydroxylation sites is 2. The highest BCUT2D eigenvalue weighted by Crippen LogP contribution is 2.31. The van der Waals surface area contributed by atoms with E-state index in [-0.39, 0.29) is 36.3 Å². The second-order valence-corrected chi connectivity index (χ2v) is 7.65. The number of hydrazone groups is 1. The lowest BCUT2D eigenvalue weighted by Crippen LogP contribution is -2.36. The maximum absolute atomic E-state index is 13.1. The number of hydrogen-bond acceptors (Lipinski definition) is 6. The van der Waals surface area contributed by atoms with Crippen LogP contribution in [0.15, 0.2) is 58.2 Å². The van der Waals surface area contributed by atoms with Crippen molar-refractivity contribution in [3.8, 4) is 11.5 Å². The standard InChI is InChI=1S/C23H23N5O3/c1-14(2)21-25-23(31-27-21)17-11-7-8-15(3)20(17)24-22(30)18-12-13-19(29)28(26-18)16-9-5-4-6-10-16/h4-11,14H,12-13H2,1-3H3,(H,24,30). The van der Waals surface area contributed by atoms with Crippen LogP contribution >= 0.6 is 0 Å². The summed E-state index contributed by atoms with van der Waals surface area (Å²) in [5.74, 6) is 0.550. The number of hydrogen-bond donors (Lipinski definition) is 1. The number of aromatic nitrogens is 2. The Kier molecular flexibility index (Phi) is 5.62. The van der Waals surface area contributed by atoms with Crippen LogP contribution < -0.4 is 10.3 Å². The van der Waals surface area contributed by atoms with E-state index in [9.17, 15) is 9.59 Å². The van der Waals surface area contributed by atoms with Gasteiger partial charge in [0.15, 0.2) is 5.82 Å². The zero-order chi connectivity index (χ0) is 22.0. The van der Waals surface area contributed by atoms with Crippen molar-refractivity contribution in [3.05, 3.63) is 59.9 Å². The van der Waals surface area contributed by atoms with Crippen molar-refractivity contribution in [2.24, 2.45) is 5.10 Å². The Bertz CT molecular complexity index is 1150. The van der Waals surface area contributed by atoms with Crippen LogP contribution in [-0.2, 0) is 9.59 Å². The van der Waals surface area contributed by atoms with Gasteiger partial charge in [0.2, 0.25) is 5.91 Å². The minimum atomic E-state index is -0.368. The van der Waals surface area contributed by atoms with E-state index in [0.29, 0.717) is 28.7 Å². The van der Waals surface area contributed by atoms with E-state index in [2.05, 4.69) is 20.6 Å². The van der Waals surface area contributed by atoms with Gasteiger partial charge in [-0.3, -0.25) is 9.59 Å². The quantitative estimate of drug-likeness (QED) is 0.667. The summed E-state index contributed by atoms with van der Waals surface area (Å²) in [6.45, 7) is 5.85. The van der Waals surface area contributed by atoms with Gasteiger partial charge in [-0.05, 0) is 30.7 Å². The molecule has 4 rings (SSSR count). The van der Waals surface area contributed by atoms with E-state index < -0.39 is 0 Å². The summed E-state index contributed by atoms with van der Waals surface area (Å²) in [4.78, 5) is 29.8. The van der Waals surface area contributed by atoms with E-state index in [1.165, 1.54) is 5.01 Å². The van der Waals surface area contributed by atoms with Gasteiger partial charge in [-0.25, -0.2) is 5.01 Å². The fourth-order valence-corrected chi connectivity index (χ4v) is 3.26. The Morgan fingerprint density at radius 1 is 1.10 bits per heavy atom. The molecule has 2 aromatic carbocycles. The van der Waals surface area contributed by atoms with Gasteiger partial charge in [0.05, 0.1) is 16.9 Å². The summed E-state index contributed by atoms with van der Waals surface area (Å²) >= 11 is 0. The zero-order valence-electron chi connectivity index (χ0n) is 17.6. The van der Waals surface area contributed by atoms with Crippen molar-refractivity contribution in [1.29, 1.82) is 0 Å². The summed E-state index contributed by atoms with van der Waals surface area (Å²) in [6, 6.07) is 14.6. The van der Waals surface area contributed by atoms with Crippen LogP contribution in [0.2, 0.25) is 0 Å². The summed E-state index contributed by atoms with van der Waals surface area (Å²) in [5, 5.41) is 12.6. The first-order valence-electron chi connectivity index (χ1n) is 10.1. The second kappa shape index (κ2) is 8.51. The zero-order valence-corrected chi connectivity index (χ0v) is 17.6. The molecule has 0 fully saturated rings. The lowest BCUT2D eigenvalue weighted by atomic mass is 10.1. The molecule has 0 atom stereocenters. The average Bonchev–Trinajstić information content (AvgIpc) is 3.26. The fourth-order valence-electron chi connectivity index (χ4n) is 3.26. The topological polar surface area (TPSA) is 101 Å². The van der Waals surface area contributed by atoms with Crippen molar-refractivity contribution < 1.29 is 14.1 Å². The molecule has 0 saturated heterocycles. The largest absolute Gasteiger partial charge is 0.334 e. The van der Waals surface area contributed by atoms with E-state index in [1.54, 1.807) is 12.1 Å². The Labute approximate surface area is 180 Å². The van der Waals surface area contributed by atoms with Crippen LogP contribution in [-0.4, -0.2) is 27.7 Å². The number of rotatable bonds is 5. The molecule has 0 radical (unpaired) electrons. The highest BCUT2D eigenvalue weighted by atomic mass is 16.5. The summed E-state index contributed by atoms with van der Waals surface area (Å²) in [6.07, 6.45) is 0.483. The van der Waals surface area contributed by atoms with Gasteiger partial charge < -0.3 is 9.84 Å².